The van der Waals surface area contributed by atoms with Crippen LogP contribution in [0.2, 0.25) is 0 Å². The van der Waals surface area contributed by atoms with E-state index in [9.17, 15) is 27.3 Å². The fraction of sp³-hybridized carbons (Fsp3) is 0.294. The van der Waals surface area contributed by atoms with E-state index in [1.807, 2.05) is 0 Å². The van der Waals surface area contributed by atoms with Gasteiger partial charge in [0.1, 0.15) is 6.61 Å². The predicted octanol–water partition coefficient (Wildman–Crippen LogP) is 3.48. The molecule has 146 valence electrons. The molecule has 0 aliphatic heterocycles. The van der Waals surface area contributed by atoms with Gasteiger partial charge in [0.2, 0.25) is 10.0 Å². The molecule has 0 amide bonds. The molecule has 0 aliphatic rings. The molecule has 27 heavy (non-hydrogen) atoms. The van der Waals surface area contributed by atoms with Crippen LogP contribution in [-0.2, 0) is 16.6 Å². The highest BCUT2D eigenvalue weighted by Crippen LogP contribution is 2.31. The highest BCUT2D eigenvalue weighted by Gasteiger charge is 2.26. The summed E-state index contributed by atoms with van der Waals surface area (Å²) < 4.78 is 58.3. The van der Waals surface area contributed by atoms with Crippen LogP contribution in [0, 0.1) is 21.7 Å². The fourth-order valence-corrected chi connectivity index (χ4v) is 3.93. The second-order valence-electron chi connectivity index (χ2n) is 5.48. The van der Waals surface area contributed by atoms with Gasteiger partial charge in [-0.05, 0) is 18.2 Å². The number of ether oxygens (including phenoxy) is 1. The molecule has 10 heteroatoms. The number of halogens is 2. The Morgan fingerprint density at radius 1 is 1.15 bits per heavy atom. The zero-order valence-corrected chi connectivity index (χ0v) is 15.5. The van der Waals surface area contributed by atoms with Crippen LogP contribution in [0.4, 0.5) is 14.5 Å². The smallest absolute Gasteiger partial charge is 0.312 e. The summed E-state index contributed by atoms with van der Waals surface area (Å²) in [6.07, 6.45) is 0. The van der Waals surface area contributed by atoms with E-state index in [4.69, 9.17) is 4.74 Å². The van der Waals surface area contributed by atoms with Crippen molar-refractivity contribution in [2.24, 2.45) is 0 Å². The van der Waals surface area contributed by atoms with E-state index in [0.717, 1.165) is 22.5 Å². The van der Waals surface area contributed by atoms with Gasteiger partial charge >= 0.3 is 5.69 Å². The number of nitro groups is 1. The van der Waals surface area contributed by atoms with Crippen molar-refractivity contribution in [1.29, 1.82) is 0 Å². The number of sulfonamides is 1. The molecule has 0 saturated carbocycles. The Morgan fingerprint density at radius 2 is 1.81 bits per heavy atom. The van der Waals surface area contributed by atoms with Gasteiger partial charge in [-0.3, -0.25) is 10.1 Å². The van der Waals surface area contributed by atoms with E-state index in [1.54, 1.807) is 13.8 Å². The topological polar surface area (TPSA) is 89.8 Å². The van der Waals surface area contributed by atoms with Crippen LogP contribution >= 0.6 is 0 Å². The molecule has 0 aliphatic carbocycles. The minimum atomic E-state index is -3.89. The van der Waals surface area contributed by atoms with E-state index in [0.29, 0.717) is 0 Å². The monoisotopic (exact) mass is 400 g/mol. The molecule has 0 spiro atoms. The molecule has 0 bridgehead atoms. The maximum absolute atomic E-state index is 13.7. The number of hydrogen-bond donors (Lipinski definition) is 0. The molecule has 0 heterocycles. The molecule has 0 radical (unpaired) electrons. The summed E-state index contributed by atoms with van der Waals surface area (Å²) in [4.78, 5) is 10.3. The molecule has 7 nitrogen and oxygen atoms in total. The van der Waals surface area contributed by atoms with Gasteiger partial charge in [-0.15, -0.1) is 0 Å². The van der Waals surface area contributed by atoms with Crippen molar-refractivity contribution in [2.45, 2.75) is 25.3 Å². The average Bonchev–Trinajstić information content (AvgIpc) is 2.63. The number of rotatable bonds is 8. The van der Waals surface area contributed by atoms with Crippen molar-refractivity contribution in [1.82, 2.24) is 4.31 Å². The number of nitro benzene ring substituents is 1. The lowest BCUT2D eigenvalue weighted by atomic mass is 10.2. The third-order valence-corrected chi connectivity index (χ3v) is 5.93. The molecule has 0 N–H and O–H groups in total. The van der Waals surface area contributed by atoms with Gasteiger partial charge in [-0.25, -0.2) is 17.2 Å². The molecule has 0 unspecified atom stereocenters. The largest absolute Gasteiger partial charge is 0.482 e. The van der Waals surface area contributed by atoms with Gasteiger partial charge in [0.05, 0.1) is 9.82 Å². The highest BCUT2D eigenvalue weighted by atomic mass is 32.2. The van der Waals surface area contributed by atoms with Crippen molar-refractivity contribution in [3.63, 3.8) is 0 Å². The lowest BCUT2D eigenvalue weighted by molar-refractivity contribution is -0.386. The molecule has 0 saturated heterocycles. The Hall–Kier alpha value is -2.59. The van der Waals surface area contributed by atoms with Crippen molar-refractivity contribution in [2.75, 3.05) is 13.1 Å². The lowest BCUT2D eigenvalue weighted by Gasteiger charge is -2.18. The highest BCUT2D eigenvalue weighted by molar-refractivity contribution is 7.89. The van der Waals surface area contributed by atoms with Crippen LogP contribution in [0.15, 0.2) is 41.3 Å². The average molecular weight is 400 g/mol. The second-order valence-corrected chi connectivity index (χ2v) is 7.42. The van der Waals surface area contributed by atoms with E-state index in [2.05, 4.69) is 0 Å². The Labute approximate surface area is 155 Å². The Bertz CT molecular complexity index is 946. The normalized spacial score (nSPS) is 11.6. The zero-order valence-electron chi connectivity index (χ0n) is 14.7. The van der Waals surface area contributed by atoms with Gasteiger partial charge in [0, 0.05) is 24.7 Å². The summed E-state index contributed by atoms with van der Waals surface area (Å²) in [6, 6.07) is 6.71. The van der Waals surface area contributed by atoms with E-state index < -0.39 is 38.9 Å². The summed E-state index contributed by atoms with van der Waals surface area (Å²) in [5.74, 6) is -2.42. The second kappa shape index (κ2) is 8.40. The molecule has 0 aromatic heterocycles. The lowest BCUT2D eigenvalue weighted by Crippen LogP contribution is -2.30. The van der Waals surface area contributed by atoms with Crippen LogP contribution in [0.25, 0.3) is 0 Å². The number of nitrogens with zero attached hydrogens (tertiary/aromatic N) is 2. The first kappa shape index (κ1) is 20.7. The molecule has 2 aromatic rings. The van der Waals surface area contributed by atoms with E-state index in [-0.39, 0.29) is 29.3 Å². The van der Waals surface area contributed by atoms with Crippen LogP contribution in [0.5, 0.6) is 5.75 Å². The molecule has 0 atom stereocenters. The molecule has 0 fully saturated rings. The van der Waals surface area contributed by atoms with Crippen molar-refractivity contribution < 1.29 is 26.9 Å². The molecular weight excluding hydrogens is 382 g/mol. The Morgan fingerprint density at radius 3 is 2.41 bits per heavy atom. The quantitative estimate of drug-likeness (QED) is 0.500. The van der Waals surface area contributed by atoms with Crippen LogP contribution in [0.3, 0.4) is 0 Å². The SMILES string of the molecule is CCN(CC)S(=O)(=O)c1ccc(OCc2cccc(F)c2F)c([N+](=O)[O-])c1. The van der Waals surface area contributed by atoms with Crippen LogP contribution < -0.4 is 4.74 Å². The van der Waals surface area contributed by atoms with E-state index >= 15 is 0 Å². The van der Waals surface area contributed by atoms with Crippen LogP contribution in [0.1, 0.15) is 19.4 Å². The van der Waals surface area contributed by atoms with Gasteiger partial charge in [0.25, 0.3) is 0 Å². The maximum atomic E-state index is 13.7. The third kappa shape index (κ3) is 4.40. The minimum absolute atomic E-state index is 0.121. The first-order chi connectivity index (χ1) is 12.7. The van der Waals surface area contributed by atoms with Gasteiger partial charge in [-0.1, -0.05) is 26.0 Å². The van der Waals surface area contributed by atoms with Crippen LogP contribution in [-0.4, -0.2) is 30.7 Å². The Kier molecular flexibility index (Phi) is 6.45. The summed E-state index contributed by atoms with van der Waals surface area (Å²) in [5, 5.41) is 11.3. The number of hydrogen-bond acceptors (Lipinski definition) is 5. The zero-order chi connectivity index (χ0) is 20.2. The summed E-state index contributed by atoms with van der Waals surface area (Å²) in [6.45, 7) is 3.28. The molecular formula is C17H18F2N2O5S. The van der Waals surface area contributed by atoms with Crippen molar-refractivity contribution in [3.05, 3.63) is 63.7 Å². The van der Waals surface area contributed by atoms with Crippen molar-refractivity contribution >= 4 is 15.7 Å². The minimum Gasteiger partial charge on any atom is -0.482 e. The van der Waals surface area contributed by atoms with Gasteiger partial charge in [-0.2, -0.15) is 4.31 Å². The van der Waals surface area contributed by atoms with E-state index in [1.165, 1.54) is 18.2 Å². The standard InChI is InChI=1S/C17H18F2N2O5S/c1-3-20(4-2)27(24,25)13-8-9-16(15(10-13)21(22)23)26-11-12-6-5-7-14(18)17(12)19/h5-10H,3-4,11H2,1-2H3. The molecule has 2 rings (SSSR count). The maximum Gasteiger partial charge on any atom is 0.312 e. The fourth-order valence-electron chi connectivity index (χ4n) is 2.45. The third-order valence-electron chi connectivity index (χ3n) is 3.89. The predicted molar refractivity (Wildman–Crippen MR) is 93.9 cm³/mol. The Balaban J connectivity index is 2.36. The summed E-state index contributed by atoms with van der Waals surface area (Å²) in [5.41, 5.74) is -0.704. The first-order valence-electron chi connectivity index (χ1n) is 8.06. The number of benzene rings is 2. The summed E-state index contributed by atoms with van der Waals surface area (Å²) >= 11 is 0. The summed E-state index contributed by atoms with van der Waals surface area (Å²) in [7, 11) is -3.89. The first-order valence-corrected chi connectivity index (χ1v) is 9.50. The van der Waals surface area contributed by atoms with Gasteiger partial charge < -0.3 is 4.74 Å². The molecule has 2 aromatic carbocycles. The van der Waals surface area contributed by atoms with Crippen molar-refractivity contribution in [3.8, 4) is 5.75 Å². The van der Waals surface area contributed by atoms with Gasteiger partial charge in [0.15, 0.2) is 17.4 Å².